The van der Waals surface area contributed by atoms with Crippen LogP contribution < -0.4 is 10.9 Å². The third-order valence-electron chi connectivity index (χ3n) is 1.61. The number of allylic oxidation sites excluding steroid dienone is 1. The summed E-state index contributed by atoms with van der Waals surface area (Å²) in [6.07, 6.45) is 5.73. The highest BCUT2D eigenvalue weighted by Gasteiger charge is 2.07. The Morgan fingerprint density at radius 2 is 2.45 bits per heavy atom. The van der Waals surface area contributed by atoms with Crippen LogP contribution in [0.5, 0.6) is 0 Å². The summed E-state index contributed by atoms with van der Waals surface area (Å²) in [5, 5.41) is 2.89. The van der Waals surface area contributed by atoms with Crippen molar-refractivity contribution in [1.29, 1.82) is 0 Å². The molecular formula is C7H7N3O. The van der Waals surface area contributed by atoms with Crippen molar-refractivity contribution < 1.29 is 0 Å². The van der Waals surface area contributed by atoms with Crippen LogP contribution in [0.2, 0.25) is 0 Å². The molecule has 0 aromatic carbocycles. The fraction of sp³-hybridized carbons (Fsp3) is 0.143. The molecule has 0 bridgehead atoms. The number of aromatic nitrogens is 2. The van der Waals surface area contributed by atoms with E-state index >= 15 is 0 Å². The number of nitrogens with zero attached hydrogens (tertiary/aromatic N) is 1. The van der Waals surface area contributed by atoms with Crippen LogP contribution in [0.4, 0.5) is 5.82 Å². The van der Waals surface area contributed by atoms with Gasteiger partial charge < -0.3 is 10.3 Å². The van der Waals surface area contributed by atoms with Crippen molar-refractivity contribution in [2.24, 2.45) is 0 Å². The number of rotatable bonds is 0. The molecule has 1 aromatic rings. The van der Waals surface area contributed by atoms with Crippen molar-refractivity contribution in [2.45, 2.75) is 6.42 Å². The molecule has 0 unspecified atom stereocenters. The van der Waals surface area contributed by atoms with E-state index in [1.165, 1.54) is 6.33 Å². The second-order valence-electron chi connectivity index (χ2n) is 2.31. The summed E-state index contributed by atoms with van der Waals surface area (Å²) in [5.41, 5.74) is 0.641. The molecule has 0 amide bonds. The van der Waals surface area contributed by atoms with E-state index in [9.17, 15) is 4.79 Å². The molecule has 0 fully saturated rings. The molecule has 0 radical (unpaired) electrons. The molecule has 0 spiro atoms. The van der Waals surface area contributed by atoms with Gasteiger partial charge in [-0.25, -0.2) is 4.98 Å². The molecule has 4 nitrogen and oxygen atoms in total. The Bertz CT molecular complexity index is 353. The molecular weight excluding hydrogens is 142 g/mol. The average molecular weight is 149 g/mol. The Balaban J connectivity index is 2.63. The molecule has 0 atom stereocenters. The number of aromatic amines is 1. The molecule has 2 rings (SSSR count). The van der Waals surface area contributed by atoms with Gasteiger partial charge in [0.05, 0.1) is 11.9 Å². The van der Waals surface area contributed by atoms with E-state index in [2.05, 4.69) is 15.3 Å². The maximum absolute atomic E-state index is 11.1. The highest BCUT2D eigenvalue weighted by molar-refractivity contribution is 5.48. The van der Waals surface area contributed by atoms with Crippen LogP contribution in [0.3, 0.4) is 0 Å². The van der Waals surface area contributed by atoms with E-state index in [1.54, 1.807) is 6.20 Å². The van der Waals surface area contributed by atoms with Crippen LogP contribution in [0.1, 0.15) is 5.56 Å². The fourth-order valence-electron chi connectivity index (χ4n) is 1.06. The zero-order valence-electron chi connectivity index (χ0n) is 5.79. The van der Waals surface area contributed by atoms with Crippen LogP contribution in [0.25, 0.3) is 0 Å². The van der Waals surface area contributed by atoms with Crippen molar-refractivity contribution in [3.05, 3.63) is 34.5 Å². The quantitative estimate of drug-likeness (QED) is 0.556. The summed E-state index contributed by atoms with van der Waals surface area (Å²) < 4.78 is 0. The van der Waals surface area contributed by atoms with Crippen LogP contribution >= 0.6 is 0 Å². The van der Waals surface area contributed by atoms with Crippen molar-refractivity contribution in [2.75, 3.05) is 5.32 Å². The normalized spacial score (nSPS) is 13.8. The largest absolute Gasteiger partial charge is 0.347 e. The molecule has 1 aliphatic heterocycles. The van der Waals surface area contributed by atoms with Gasteiger partial charge in [0, 0.05) is 6.42 Å². The Labute approximate surface area is 63.0 Å². The number of hydrogen-bond donors (Lipinski definition) is 2. The lowest BCUT2D eigenvalue weighted by Gasteiger charge is -2.08. The van der Waals surface area contributed by atoms with Crippen molar-refractivity contribution in [3.8, 4) is 0 Å². The molecule has 0 aliphatic carbocycles. The Morgan fingerprint density at radius 1 is 1.55 bits per heavy atom. The maximum Gasteiger partial charge on any atom is 0.256 e. The third-order valence-corrected chi connectivity index (χ3v) is 1.61. The van der Waals surface area contributed by atoms with Gasteiger partial charge in [-0.1, -0.05) is 6.08 Å². The highest BCUT2D eigenvalue weighted by Crippen LogP contribution is 2.10. The zero-order valence-corrected chi connectivity index (χ0v) is 5.79. The summed E-state index contributed by atoms with van der Waals surface area (Å²) in [6, 6.07) is 0. The van der Waals surface area contributed by atoms with Gasteiger partial charge in [-0.15, -0.1) is 0 Å². The summed E-state index contributed by atoms with van der Waals surface area (Å²) in [7, 11) is 0. The number of anilines is 1. The number of fused-ring (bicyclic) bond motifs is 1. The minimum atomic E-state index is -0.0631. The Hall–Kier alpha value is -1.58. The standard InChI is InChI=1S/C7H7N3O/c11-7-5-2-1-3-8-6(5)9-4-10-7/h1,3-4H,2H2,(H2,8,9,10,11). The van der Waals surface area contributed by atoms with Gasteiger partial charge in [-0.2, -0.15) is 0 Å². The molecule has 2 N–H and O–H groups in total. The molecule has 1 aliphatic rings. The summed E-state index contributed by atoms with van der Waals surface area (Å²) >= 11 is 0. The van der Waals surface area contributed by atoms with Gasteiger partial charge in [0.25, 0.3) is 5.56 Å². The SMILES string of the molecule is O=c1[nH]cnc2c1CC=CN2. The maximum atomic E-state index is 11.1. The van der Waals surface area contributed by atoms with Crippen LogP contribution in [0.15, 0.2) is 23.4 Å². The van der Waals surface area contributed by atoms with Crippen LogP contribution in [0, 0.1) is 0 Å². The first kappa shape index (κ1) is 6.15. The lowest BCUT2D eigenvalue weighted by Crippen LogP contribution is -2.17. The summed E-state index contributed by atoms with van der Waals surface area (Å²) in [6.45, 7) is 0. The van der Waals surface area contributed by atoms with Gasteiger partial charge in [0.1, 0.15) is 5.82 Å². The van der Waals surface area contributed by atoms with Crippen molar-refractivity contribution >= 4 is 5.82 Å². The van der Waals surface area contributed by atoms with Gasteiger partial charge in [0.2, 0.25) is 0 Å². The predicted octanol–water partition coefficient (Wildman–Crippen LogP) is 0.252. The topological polar surface area (TPSA) is 57.8 Å². The third kappa shape index (κ3) is 0.920. The molecule has 0 saturated carbocycles. The molecule has 0 saturated heterocycles. The van der Waals surface area contributed by atoms with Crippen LogP contribution in [-0.2, 0) is 6.42 Å². The lowest BCUT2D eigenvalue weighted by atomic mass is 10.2. The average Bonchev–Trinajstić information content (AvgIpc) is 2.06. The minimum Gasteiger partial charge on any atom is -0.347 e. The predicted molar refractivity (Wildman–Crippen MR) is 41.3 cm³/mol. The monoisotopic (exact) mass is 149 g/mol. The van der Waals surface area contributed by atoms with E-state index in [1.807, 2.05) is 6.08 Å². The lowest BCUT2D eigenvalue weighted by molar-refractivity contribution is 1.03. The van der Waals surface area contributed by atoms with Crippen molar-refractivity contribution in [3.63, 3.8) is 0 Å². The van der Waals surface area contributed by atoms with Gasteiger partial charge in [-0.05, 0) is 6.20 Å². The van der Waals surface area contributed by atoms with E-state index in [0.717, 1.165) is 0 Å². The first-order valence-corrected chi connectivity index (χ1v) is 3.36. The second-order valence-corrected chi connectivity index (χ2v) is 2.31. The second kappa shape index (κ2) is 2.23. The smallest absolute Gasteiger partial charge is 0.256 e. The molecule has 56 valence electrons. The molecule has 11 heavy (non-hydrogen) atoms. The first-order chi connectivity index (χ1) is 5.38. The Morgan fingerprint density at radius 3 is 3.27 bits per heavy atom. The molecule has 1 aromatic heterocycles. The van der Waals surface area contributed by atoms with Crippen molar-refractivity contribution in [1.82, 2.24) is 9.97 Å². The Kier molecular flexibility index (Phi) is 1.25. The summed E-state index contributed by atoms with van der Waals surface area (Å²) in [5.74, 6) is 0.663. The fourth-order valence-corrected chi connectivity index (χ4v) is 1.06. The van der Waals surface area contributed by atoms with E-state index in [4.69, 9.17) is 0 Å². The first-order valence-electron chi connectivity index (χ1n) is 3.36. The molecule has 4 heteroatoms. The molecule has 2 heterocycles. The van der Waals surface area contributed by atoms with E-state index in [-0.39, 0.29) is 5.56 Å². The van der Waals surface area contributed by atoms with Gasteiger partial charge in [-0.3, -0.25) is 4.79 Å². The van der Waals surface area contributed by atoms with Gasteiger partial charge in [0.15, 0.2) is 0 Å². The van der Waals surface area contributed by atoms with Crippen LogP contribution in [-0.4, -0.2) is 9.97 Å². The number of nitrogens with one attached hydrogen (secondary N) is 2. The zero-order chi connectivity index (χ0) is 7.68. The van der Waals surface area contributed by atoms with Gasteiger partial charge >= 0.3 is 0 Å². The minimum absolute atomic E-state index is 0.0631. The number of H-pyrrole nitrogens is 1. The highest BCUT2D eigenvalue weighted by atomic mass is 16.1. The number of hydrogen-bond acceptors (Lipinski definition) is 3. The summed E-state index contributed by atoms with van der Waals surface area (Å²) in [4.78, 5) is 17.6. The van der Waals surface area contributed by atoms with E-state index in [0.29, 0.717) is 17.8 Å². The van der Waals surface area contributed by atoms with E-state index < -0.39 is 0 Å².